The minimum atomic E-state index is -0.668. The summed E-state index contributed by atoms with van der Waals surface area (Å²) in [6.07, 6.45) is 0.390. The Labute approximate surface area is 109 Å². The van der Waals surface area contributed by atoms with Crippen LogP contribution in [-0.4, -0.2) is 25.7 Å². The molecule has 0 aliphatic carbocycles. The fourth-order valence-electron chi connectivity index (χ4n) is 1.48. The maximum absolute atomic E-state index is 11.4. The van der Waals surface area contributed by atoms with Crippen LogP contribution >= 0.6 is 15.9 Å². The molecule has 1 atom stereocenters. The zero-order chi connectivity index (χ0) is 12.8. The lowest BCUT2D eigenvalue weighted by atomic mass is 10.1. The van der Waals surface area contributed by atoms with E-state index in [0.29, 0.717) is 18.8 Å². The van der Waals surface area contributed by atoms with Gasteiger partial charge in [0.15, 0.2) is 0 Å². The smallest absolute Gasteiger partial charge is 0.323 e. The standard InChI is InChI=1S/C12H16BrNO3/c1-3-17-12(15)10(14)7-8-6-9(13)4-5-11(8)16-2/h4-6,10H,3,7,14H2,1-2H3. The SMILES string of the molecule is CCOC(=O)C(N)Cc1cc(Br)ccc1OC. The molecule has 4 nitrogen and oxygen atoms in total. The number of ether oxygens (including phenoxy) is 2. The molecule has 17 heavy (non-hydrogen) atoms. The summed E-state index contributed by atoms with van der Waals surface area (Å²) in [5, 5.41) is 0. The number of esters is 1. The first kappa shape index (κ1) is 14.0. The van der Waals surface area contributed by atoms with Crippen molar-refractivity contribution in [2.75, 3.05) is 13.7 Å². The van der Waals surface area contributed by atoms with Crippen LogP contribution in [0.15, 0.2) is 22.7 Å². The van der Waals surface area contributed by atoms with Crippen LogP contribution in [0.4, 0.5) is 0 Å². The molecule has 0 saturated heterocycles. The van der Waals surface area contributed by atoms with E-state index in [1.165, 1.54) is 0 Å². The van der Waals surface area contributed by atoms with Crippen molar-refractivity contribution in [1.82, 2.24) is 0 Å². The summed E-state index contributed by atoms with van der Waals surface area (Å²) in [5.41, 5.74) is 6.64. The van der Waals surface area contributed by atoms with Gasteiger partial charge in [-0.25, -0.2) is 0 Å². The first-order valence-corrected chi connectivity index (χ1v) is 6.12. The Morgan fingerprint density at radius 1 is 1.53 bits per heavy atom. The molecule has 2 N–H and O–H groups in total. The molecule has 0 amide bonds. The number of methoxy groups -OCH3 is 1. The van der Waals surface area contributed by atoms with Crippen LogP contribution in [-0.2, 0) is 16.0 Å². The Morgan fingerprint density at radius 2 is 2.24 bits per heavy atom. The Balaban J connectivity index is 2.79. The molecule has 0 aromatic heterocycles. The van der Waals surface area contributed by atoms with E-state index in [4.69, 9.17) is 15.2 Å². The number of hydrogen-bond donors (Lipinski definition) is 1. The first-order valence-electron chi connectivity index (χ1n) is 5.33. The van der Waals surface area contributed by atoms with Crippen molar-refractivity contribution in [2.24, 2.45) is 5.73 Å². The molecule has 0 bridgehead atoms. The zero-order valence-corrected chi connectivity index (χ0v) is 11.5. The van der Waals surface area contributed by atoms with Crippen LogP contribution in [0.25, 0.3) is 0 Å². The van der Waals surface area contributed by atoms with Gasteiger partial charge in [0.05, 0.1) is 13.7 Å². The second-order valence-corrected chi connectivity index (χ2v) is 4.43. The third kappa shape index (κ3) is 4.02. The minimum Gasteiger partial charge on any atom is -0.496 e. The molecule has 94 valence electrons. The molecule has 1 rings (SSSR count). The molecule has 0 aliphatic heterocycles. The van der Waals surface area contributed by atoms with Gasteiger partial charge in [-0.2, -0.15) is 0 Å². The Kier molecular flexibility index (Phi) is 5.44. The molecule has 1 aromatic carbocycles. The summed E-state index contributed by atoms with van der Waals surface area (Å²) >= 11 is 3.37. The molecule has 0 heterocycles. The largest absolute Gasteiger partial charge is 0.496 e. The van der Waals surface area contributed by atoms with E-state index in [-0.39, 0.29) is 0 Å². The molecule has 0 spiro atoms. The lowest BCUT2D eigenvalue weighted by molar-refractivity contribution is -0.144. The maximum Gasteiger partial charge on any atom is 0.323 e. The van der Waals surface area contributed by atoms with Gasteiger partial charge in [0.1, 0.15) is 11.8 Å². The van der Waals surface area contributed by atoms with E-state index in [1.54, 1.807) is 14.0 Å². The molecule has 0 saturated carbocycles. The van der Waals surface area contributed by atoms with Crippen LogP contribution in [0.1, 0.15) is 12.5 Å². The van der Waals surface area contributed by atoms with E-state index >= 15 is 0 Å². The molecular weight excluding hydrogens is 286 g/mol. The van der Waals surface area contributed by atoms with Crippen molar-refractivity contribution < 1.29 is 14.3 Å². The quantitative estimate of drug-likeness (QED) is 0.844. The average Bonchev–Trinajstić information content (AvgIpc) is 2.29. The average molecular weight is 302 g/mol. The van der Waals surface area contributed by atoms with Crippen LogP contribution in [0.3, 0.4) is 0 Å². The Morgan fingerprint density at radius 3 is 2.82 bits per heavy atom. The van der Waals surface area contributed by atoms with Crippen molar-refractivity contribution in [2.45, 2.75) is 19.4 Å². The maximum atomic E-state index is 11.4. The molecule has 0 radical (unpaired) electrons. The number of carbonyl (C=O) groups excluding carboxylic acids is 1. The predicted molar refractivity (Wildman–Crippen MR) is 69.0 cm³/mol. The predicted octanol–water partition coefficient (Wildman–Crippen LogP) is 1.89. The molecule has 1 unspecified atom stereocenters. The topological polar surface area (TPSA) is 61.5 Å². The minimum absolute atomic E-state index is 0.335. The van der Waals surface area contributed by atoms with Crippen molar-refractivity contribution in [3.05, 3.63) is 28.2 Å². The van der Waals surface area contributed by atoms with Gasteiger partial charge in [0.25, 0.3) is 0 Å². The van der Waals surface area contributed by atoms with Gasteiger partial charge in [-0.05, 0) is 30.7 Å². The van der Waals surface area contributed by atoms with Crippen LogP contribution in [0, 0.1) is 0 Å². The molecule has 0 aliphatic rings. The summed E-state index contributed by atoms with van der Waals surface area (Å²) < 4.78 is 11.0. The molecule has 0 fully saturated rings. The number of halogens is 1. The molecule has 5 heteroatoms. The van der Waals surface area contributed by atoms with Crippen LogP contribution in [0.5, 0.6) is 5.75 Å². The number of hydrogen-bond acceptors (Lipinski definition) is 4. The summed E-state index contributed by atoms with van der Waals surface area (Å²) in [6, 6.07) is 4.92. The highest BCUT2D eigenvalue weighted by atomic mass is 79.9. The Bertz CT molecular complexity index is 395. The van der Waals surface area contributed by atoms with Crippen LogP contribution in [0.2, 0.25) is 0 Å². The molecule has 1 aromatic rings. The fraction of sp³-hybridized carbons (Fsp3) is 0.417. The lowest BCUT2D eigenvalue weighted by Crippen LogP contribution is -2.34. The summed E-state index contributed by atoms with van der Waals surface area (Å²) in [7, 11) is 1.59. The number of rotatable bonds is 5. The van der Waals surface area contributed by atoms with E-state index in [9.17, 15) is 4.79 Å². The number of benzene rings is 1. The third-order valence-electron chi connectivity index (χ3n) is 2.27. The highest BCUT2D eigenvalue weighted by Crippen LogP contribution is 2.24. The van der Waals surface area contributed by atoms with Crippen molar-refractivity contribution in [3.63, 3.8) is 0 Å². The number of carbonyl (C=O) groups is 1. The summed E-state index contributed by atoms with van der Waals surface area (Å²) in [6.45, 7) is 2.09. The van der Waals surface area contributed by atoms with Gasteiger partial charge in [-0.3, -0.25) is 4.79 Å². The van der Waals surface area contributed by atoms with Gasteiger partial charge in [0.2, 0.25) is 0 Å². The summed E-state index contributed by atoms with van der Waals surface area (Å²) in [4.78, 5) is 11.4. The monoisotopic (exact) mass is 301 g/mol. The van der Waals surface area contributed by atoms with E-state index in [0.717, 1.165) is 10.0 Å². The van der Waals surface area contributed by atoms with Crippen molar-refractivity contribution >= 4 is 21.9 Å². The molecular formula is C12H16BrNO3. The van der Waals surface area contributed by atoms with E-state index < -0.39 is 12.0 Å². The van der Waals surface area contributed by atoms with Gasteiger partial charge < -0.3 is 15.2 Å². The zero-order valence-electron chi connectivity index (χ0n) is 9.90. The Hall–Kier alpha value is -1.07. The third-order valence-corrected chi connectivity index (χ3v) is 2.76. The van der Waals surface area contributed by atoms with Gasteiger partial charge >= 0.3 is 5.97 Å². The van der Waals surface area contributed by atoms with Crippen LogP contribution < -0.4 is 10.5 Å². The second kappa shape index (κ2) is 6.61. The van der Waals surface area contributed by atoms with Crippen molar-refractivity contribution in [3.8, 4) is 5.75 Å². The normalized spacial score (nSPS) is 12.0. The van der Waals surface area contributed by atoms with E-state index in [1.807, 2.05) is 18.2 Å². The first-order chi connectivity index (χ1) is 8.08. The van der Waals surface area contributed by atoms with E-state index in [2.05, 4.69) is 15.9 Å². The van der Waals surface area contributed by atoms with Gasteiger partial charge in [0, 0.05) is 10.9 Å². The highest BCUT2D eigenvalue weighted by Gasteiger charge is 2.17. The second-order valence-electron chi connectivity index (χ2n) is 3.52. The van der Waals surface area contributed by atoms with Crippen molar-refractivity contribution in [1.29, 1.82) is 0 Å². The van der Waals surface area contributed by atoms with Gasteiger partial charge in [-0.15, -0.1) is 0 Å². The fourth-order valence-corrected chi connectivity index (χ4v) is 1.88. The highest BCUT2D eigenvalue weighted by molar-refractivity contribution is 9.10. The summed E-state index contributed by atoms with van der Waals surface area (Å²) in [5.74, 6) is 0.322. The lowest BCUT2D eigenvalue weighted by Gasteiger charge is -2.13. The number of nitrogens with two attached hydrogens (primary N) is 1. The van der Waals surface area contributed by atoms with Gasteiger partial charge in [-0.1, -0.05) is 15.9 Å².